The topological polar surface area (TPSA) is 58.2 Å². The number of fused-ring (bicyclic) bond motifs is 1. The molecule has 2 amide bonds. The van der Waals surface area contributed by atoms with Crippen LogP contribution in [0.2, 0.25) is 5.02 Å². The molecule has 2 N–H and O–H groups in total. The third-order valence-corrected chi connectivity index (χ3v) is 5.52. The van der Waals surface area contributed by atoms with Gasteiger partial charge in [-0.25, -0.2) is 0 Å². The lowest BCUT2D eigenvalue weighted by atomic mass is 9.70. The first-order valence-electron chi connectivity index (χ1n) is 8.42. The first kappa shape index (κ1) is 16.3. The van der Waals surface area contributed by atoms with Crippen LogP contribution in [0.1, 0.15) is 49.4 Å². The van der Waals surface area contributed by atoms with Crippen molar-refractivity contribution < 1.29 is 9.59 Å². The summed E-state index contributed by atoms with van der Waals surface area (Å²) in [5.41, 5.74) is 0.621. The second-order valence-corrected chi connectivity index (χ2v) is 7.14. The van der Waals surface area contributed by atoms with E-state index in [1.807, 2.05) is 0 Å². The van der Waals surface area contributed by atoms with Crippen molar-refractivity contribution in [3.8, 4) is 0 Å². The van der Waals surface area contributed by atoms with Crippen LogP contribution in [0.25, 0.3) is 0 Å². The summed E-state index contributed by atoms with van der Waals surface area (Å²) in [5, 5.41) is 6.85. The fraction of sp³-hybridized carbons (Fsp3) is 0.556. The van der Waals surface area contributed by atoms with Crippen molar-refractivity contribution in [2.45, 2.75) is 51.1 Å². The van der Waals surface area contributed by atoms with E-state index in [4.69, 9.17) is 11.6 Å². The average molecular weight is 335 g/mol. The summed E-state index contributed by atoms with van der Waals surface area (Å²) in [5.74, 6) is 1.13. The van der Waals surface area contributed by atoms with Crippen molar-refractivity contribution in [1.82, 2.24) is 10.6 Å². The number of nitrogens with one attached hydrogen (secondary N) is 2. The van der Waals surface area contributed by atoms with Crippen LogP contribution >= 0.6 is 11.6 Å². The molecule has 4 unspecified atom stereocenters. The zero-order valence-electron chi connectivity index (χ0n) is 13.3. The van der Waals surface area contributed by atoms with E-state index in [2.05, 4.69) is 17.6 Å². The molecule has 1 aliphatic heterocycles. The monoisotopic (exact) mass is 334 g/mol. The number of carbonyl (C=O) groups excluding carboxylic acids is 2. The maximum atomic E-state index is 12.3. The molecule has 2 aliphatic rings. The maximum Gasteiger partial charge on any atom is 0.251 e. The highest BCUT2D eigenvalue weighted by atomic mass is 35.5. The van der Waals surface area contributed by atoms with Gasteiger partial charge in [0.05, 0.1) is 0 Å². The molecule has 1 heterocycles. The summed E-state index contributed by atoms with van der Waals surface area (Å²) in [6, 6.07) is 7.24. The number of amides is 2. The third kappa shape index (κ3) is 3.69. The summed E-state index contributed by atoms with van der Waals surface area (Å²) >= 11 is 5.85. The predicted molar refractivity (Wildman–Crippen MR) is 90.4 cm³/mol. The Balaban J connectivity index is 1.61. The molecule has 1 saturated carbocycles. The molecule has 1 aromatic carbocycles. The van der Waals surface area contributed by atoms with Crippen molar-refractivity contribution in [2.24, 2.45) is 11.8 Å². The molecule has 2 fully saturated rings. The van der Waals surface area contributed by atoms with E-state index in [9.17, 15) is 9.59 Å². The number of hydrogen-bond acceptors (Lipinski definition) is 2. The first-order chi connectivity index (χ1) is 11.1. The van der Waals surface area contributed by atoms with E-state index in [1.165, 1.54) is 0 Å². The lowest BCUT2D eigenvalue weighted by Crippen LogP contribution is -2.55. The van der Waals surface area contributed by atoms with Crippen LogP contribution in [0.5, 0.6) is 0 Å². The fourth-order valence-corrected chi connectivity index (χ4v) is 4.15. The smallest absolute Gasteiger partial charge is 0.251 e. The lowest BCUT2D eigenvalue weighted by molar-refractivity contribution is -0.127. The molecular formula is C18H23ClN2O2. The summed E-state index contributed by atoms with van der Waals surface area (Å²) in [7, 11) is 0. The van der Waals surface area contributed by atoms with Crippen LogP contribution in [-0.2, 0) is 4.79 Å². The molecule has 5 heteroatoms. The Morgan fingerprint density at radius 3 is 2.74 bits per heavy atom. The second kappa shape index (κ2) is 6.91. The quantitative estimate of drug-likeness (QED) is 0.892. The van der Waals surface area contributed by atoms with Gasteiger partial charge in [-0.05, 0) is 55.4 Å². The minimum absolute atomic E-state index is 0.0701. The van der Waals surface area contributed by atoms with Gasteiger partial charge in [-0.1, -0.05) is 24.9 Å². The van der Waals surface area contributed by atoms with Crippen LogP contribution in [0.15, 0.2) is 24.3 Å². The van der Waals surface area contributed by atoms with E-state index in [-0.39, 0.29) is 23.9 Å². The van der Waals surface area contributed by atoms with Gasteiger partial charge < -0.3 is 10.6 Å². The minimum atomic E-state index is -0.0701. The zero-order valence-corrected chi connectivity index (χ0v) is 14.1. The highest BCUT2D eigenvalue weighted by molar-refractivity contribution is 6.30. The molecular weight excluding hydrogens is 312 g/mol. The van der Waals surface area contributed by atoms with Crippen molar-refractivity contribution in [2.75, 3.05) is 0 Å². The molecule has 4 atom stereocenters. The first-order valence-corrected chi connectivity index (χ1v) is 8.80. The third-order valence-electron chi connectivity index (χ3n) is 5.27. The van der Waals surface area contributed by atoms with Gasteiger partial charge in [-0.3, -0.25) is 9.59 Å². The largest absolute Gasteiger partial charge is 0.353 e. The Hall–Kier alpha value is -1.55. The van der Waals surface area contributed by atoms with Gasteiger partial charge in [0.25, 0.3) is 5.91 Å². The predicted octanol–water partition coefficient (Wildman–Crippen LogP) is 3.15. The Bertz CT molecular complexity index is 587. The Morgan fingerprint density at radius 2 is 2.04 bits per heavy atom. The average Bonchev–Trinajstić information content (AvgIpc) is 2.54. The normalized spacial score (nSPS) is 30.3. The van der Waals surface area contributed by atoms with E-state index in [0.29, 0.717) is 28.8 Å². The second-order valence-electron chi connectivity index (χ2n) is 6.70. The van der Waals surface area contributed by atoms with Gasteiger partial charge in [0.2, 0.25) is 5.91 Å². The molecule has 1 aromatic rings. The summed E-state index contributed by atoms with van der Waals surface area (Å²) in [4.78, 5) is 24.2. The maximum absolute atomic E-state index is 12.3. The molecule has 1 aliphatic carbocycles. The molecule has 3 rings (SSSR count). The van der Waals surface area contributed by atoms with Gasteiger partial charge in [0.1, 0.15) is 0 Å². The van der Waals surface area contributed by atoms with Crippen LogP contribution in [-0.4, -0.2) is 23.9 Å². The Kier molecular flexibility index (Phi) is 4.90. The summed E-state index contributed by atoms with van der Waals surface area (Å²) in [6.07, 6.45) is 4.57. The number of carbonyl (C=O) groups is 2. The number of hydrogen-bond donors (Lipinski definition) is 2. The fourth-order valence-electron chi connectivity index (χ4n) is 4.03. The molecule has 0 bridgehead atoms. The van der Waals surface area contributed by atoms with E-state index < -0.39 is 0 Å². The Labute approximate surface area is 142 Å². The minimum Gasteiger partial charge on any atom is -0.353 e. The van der Waals surface area contributed by atoms with Crippen LogP contribution in [0.3, 0.4) is 0 Å². The molecule has 124 valence electrons. The van der Waals surface area contributed by atoms with Gasteiger partial charge in [0.15, 0.2) is 0 Å². The molecule has 0 radical (unpaired) electrons. The SMILES string of the molecule is CCC1CC(=O)NC2CC(NC(=O)c3ccc(Cl)cc3)CCC12. The lowest BCUT2D eigenvalue weighted by Gasteiger charge is -2.44. The summed E-state index contributed by atoms with van der Waals surface area (Å²) < 4.78 is 0. The molecule has 0 spiro atoms. The van der Waals surface area contributed by atoms with Crippen molar-refractivity contribution in [3.05, 3.63) is 34.9 Å². The highest BCUT2D eigenvalue weighted by Gasteiger charge is 2.40. The van der Waals surface area contributed by atoms with Crippen molar-refractivity contribution in [3.63, 3.8) is 0 Å². The summed E-state index contributed by atoms with van der Waals surface area (Å²) in [6.45, 7) is 2.16. The van der Waals surface area contributed by atoms with Gasteiger partial charge in [0, 0.05) is 29.1 Å². The molecule has 23 heavy (non-hydrogen) atoms. The van der Waals surface area contributed by atoms with Crippen molar-refractivity contribution >= 4 is 23.4 Å². The van der Waals surface area contributed by atoms with E-state index in [0.717, 1.165) is 25.7 Å². The number of rotatable bonds is 3. The number of piperidine rings is 1. The molecule has 1 saturated heterocycles. The van der Waals surface area contributed by atoms with Crippen LogP contribution in [0.4, 0.5) is 0 Å². The molecule has 4 nitrogen and oxygen atoms in total. The highest BCUT2D eigenvalue weighted by Crippen LogP contribution is 2.37. The van der Waals surface area contributed by atoms with Crippen LogP contribution < -0.4 is 10.6 Å². The number of halogens is 1. The zero-order chi connectivity index (χ0) is 16.4. The standard InChI is InChI=1S/C18H23ClN2O2/c1-2-11-9-17(22)21-16-10-14(7-8-15(11)16)20-18(23)12-3-5-13(19)6-4-12/h3-6,11,14-16H,2,7-10H2,1H3,(H,20,23)(H,21,22). The van der Waals surface area contributed by atoms with Gasteiger partial charge >= 0.3 is 0 Å². The van der Waals surface area contributed by atoms with Crippen LogP contribution in [0, 0.1) is 11.8 Å². The van der Waals surface area contributed by atoms with Gasteiger partial charge in [-0.15, -0.1) is 0 Å². The van der Waals surface area contributed by atoms with E-state index >= 15 is 0 Å². The van der Waals surface area contributed by atoms with Gasteiger partial charge in [-0.2, -0.15) is 0 Å². The molecule has 0 aromatic heterocycles. The number of benzene rings is 1. The van der Waals surface area contributed by atoms with E-state index in [1.54, 1.807) is 24.3 Å². The Morgan fingerprint density at radius 1 is 1.30 bits per heavy atom. The van der Waals surface area contributed by atoms with Crippen molar-refractivity contribution in [1.29, 1.82) is 0 Å².